The van der Waals surface area contributed by atoms with Crippen LogP contribution in [0.4, 0.5) is 10.1 Å². The van der Waals surface area contributed by atoms with Crippen LogP contribution >= 0.6 is 23.4 Å². The van der Waals surface area contributed by atoms with E-state index in [2.05, 4.69) is 15.3 Å². The van der Waals surface area contributed by atoms with Gasteiger partial charge in [0, 0.05) is 16.9 Å². The van der Waals surface area contributed by atoms with Gasteiger partial charge in [-0.05, 0) is 55.5 Å². The largest absolute Gasteiger partial charge is 0.495 e. The first-order valence-corrected chi connectivity index (χ1v) is 9.69. The number of amides is 1. The molecule has 28 heavy (non-hydrogen) atoms. The lowest BCUT2D eigenvalue weighted by atomic mass is 10.2. The van der Waals surface area contributed by atoms with Gasteiger partial charge in [0.2, 0.25) is 5.91 Å². The van der Waals surface area contributed by atoms with Crippen LogP contribution in [0.15, 0.2) is 53.6 Å². The summed E-state index contributed by atoms with van der Waals surface area (Å²) in [6.07, 6.45) is 0. The fourth-order valence-corrected chi connectivity index (χ4v) is 3.44. The lowest BCUT2D eigenvalue weighted by molar-refractivity contribution is -0.113. The second kappa shape index (κ2) is 9.03. The van der Waals surface area contributed by atoms with Crippen molar-refractivity contribution in [3.63, 3.8) is 0 Å². The van der Waals surface area contributed by atoms with E-state index in [1.807, 2.05) is 6.92 Å². The molecular weight excluding hydrogens is 401 g/mol. The monoisotopic (exact) mass is 417 g/mol. The standard InChI is InChI=1S/C20H17ClFN3O2S/c1-12-9-19(25-20(23-12)13-3-5-14(22)6-4-13)28-11-18(26)24-15-7-8-17(27-2)16(21)10-15/h3-10H,11H2,1-2H3,(H,24,26). The third-order valence-corrected chi connectivity index (χ3v) is 4.93. The van der Waals surface area contributed by atoms with Crippen LogP contribution in [0.5, 0.6) is 5.75 Å². The van der Waals surface area contributed by atoms with Crippen LogP contribution in [0.3, 0.4) is 0 Å². The van der Waals surface area contributed by atoms with E-state index in [1.54, 1.807) is 36.4 Å². The number of nitrogens with zero attached hydrogens (tertiary/aromatic N) is 2. The highest BCUT2D eigenvalue weighted by Gasteiger charge is 2.10. The van der Waals surface area contributed by atoms with Gasteiger partial charge in [0.25, 0.3) is 0 Å². The number of hydrogen-bond donors (Lipinski definition) is 1. The molecule has 0 bridgehead atoms. The third kappa shape index (κ3) is 5.21. The van der Waals surface area contributed by atoms with Crippen molar-refractivity contribution in [2.45, 2.75) is 11.9 Å². The van der Waals surface area contributed by atoms with Gasteiger partial charge in [-0.2, -0.15) is 0 Å². The van der Waals surface area contributed by atoms with Gasteiger partial charge in [0.15, 0.2) is 5.82 Å². The lowest BCUT2D eigenvalue weighted by Gasteiger charge is -2.09. The number of ether oxygens (including phenoxy) is 1. The molecule has 0 aliphatic heterocycles. The summed E-state index contributed by atoms with van der Waals surface area (Å²) in [7, 11) is 1.53. The molecule has 8 heteroatoms. The number of halogens is 2. The van der Waals surface area contributed by atoms with Crippen molar-refractivity contribution >= 4 is 35.0 Å². The number of aryl methyl sites for hydroxylation is 1. The Bertz CT molecular complexity index is 999. The third-order valence-electron chi connectivity index (χ3n) is 3.72. The number of benzene rings is 2. The summed E-state index contributed by atoms with van der Waals surface area (Å²) < 4.78 is 18.2. The van der Waals surface area contributed by atoms with E-state index in [0.29, 0.717) is 32.9 Å². The minimum atomic E-state index is -0.318. The second-order valence-electron chi connectivity index (χ2n) is 5.86. The summed E-state index contributed by atoms with van der Waals surface area (Å²) in [5.41, 5.74) is 2.06. The van der Waals surface area contributed by atoms with Crippen LogP contribution in [0.1, 0.15) is 5.69 Å². The molecule has 1 aromatic heterocycles. The van der Waals surface area contributed by atoms with Crippen LogP contribution in [0.2, 0.25) is 5.02 Å². The molecule has 1 N–H and O–H groups in total. The van der Waals surface area contributed by atoms with Gasteiger partial charge in [-0.1, -0.05) is 23.4 Å². The Hall–Kier alpha value is -2.64. The fourth-order valence-electron chi connectivity index (χ4n) is 2.42. The van der Waals surface area contributed by atoms with E-state index in [4.69, 9.17) is 16.3 Å². The average molecular weight is 418 g/mol. The molecular formula is C20H17ClFN3O2S. The van der Waals surface area contributed by atoms with Gasteiger partial charge in [0.05, 0.1) is 17.9 Å². The highest BCUT2D eigenvalue weighted by Crippen LogP contribution is 2.27. The smallest absolute Gasteiger partial charge is 0.234 e. The summed E-state index contributed by atoms with van der Waals surface area (Å²) in [4.78, 5) is 21.1. The van der Waals surface area contributed by atoms with Gasteiger partial charge in [-0.25, -0.2) is 14.4 Å². The zero-order valence-electron chi connectivity index (χ0n) is 15.2. The molecule has 144 valence electrons. The van der Waals surface area contributed by atoms with Crippen molar-refractivity contribution in [1.29, 1.82) is 0 Å². The normalized spacial score (nSPS) is 10.6. The highest BCUT2D eigenvalue weighted by atomic mass is 35.5. The summed E-state index contributed by atoms with van der Waals surface area (Å²) in [5, 5.41) is 3.87. The molecule has 0 atom stereocenters. The van der Waals surface area contributed by atoms with Gasteiger partial charge in [-0.3, -0.25) is 4.79 Å². The quantitative estimate of drug-likeness (QED) is 0.452. The van der Waals surface area contributed by atoms with Crippen molar-refractivity contribution in [3.8, 4) is 17.1 Å². The molecule has 0 fully saturated rings. The van der Waals surface area contributed by atoms with E-state index < -0.39 is 0 Å². The van der Waals surface area contributed by atoms with Crippen LogP contribution in [0.25, 0.3) is 11.4 Å². The summed E-state index contributed by atoms with van der Waals surface area (Å²) >= 11 is 7.36. The predicted molar refractivity (Wildman–Crippen MR) is 110 cm³/mol. The number of anilines is 1. The minimum absolute atomic E-state index is 0.170. The number of rotatable bonds is 6. The first-order chi connectivity index (χ1) is 13.4. The Morgan fingerprint density at radius 3 is 2.61 bits per heavy atom. The van der Waals surface area contributed by atoms with Gasteiger partial charge >= 0.3 is 0 Å². The first kappa shape index (κ1) is 20.1. The molecule has 0 unspecified atom stereocenters. The summed E-state index contributed by atoms with van der Waals surface area (Å²) in [6, 6.07) is 12.8. The maximum absolute atomic E-state index is 13.1. The van der Waals surface area contributed by atoms with Crippen molar-refractivity contribution in [3.05, 3.63) is 65.1 Å². The minimum Gasteiger partial charge on any atom is -0.495 e. The molecule has 5 nitrogen and oxygen atoms in total. The number of thioether (sulfide) groups is 1. The zero-order chi connectivity index (χ0) is 20.1. The topological polar surface area (TPSA) is 64.1 Å². The van der Waals surface area contributed by atoms with Crippen LogP contribution in [-0.2, 0) is 4.79 Å². The van der Waals surface area contributed by atoms with Gasteiger partial charge in [0.1, 0.15) is 16.6 Å². The average Bonchev–Trinajstić information content (AvgIpc) is 2.67. The molecule has 0 radical (unpaired) electrons. The Kier molecular flexibility index (Phi) is 6.49. The summed E-state index contributed by atoms with van der Waals surface area (Å²) in [6.45, 7) is 1.85. The molecule has 1 amide bonds. The Labute approximate surface area is 171 Å². The number of hydrogen-bond acceptors (Lipinski definition) is 5. The molecule has 1 heterocycles. The van der Waals surface area contributed by atoms with Crippen LogP contribution < -0.4 is 10.1 Å². The SMILES string of the molecule is COc1ccc(NC(=O)CSc2cc(C)nc(-c3ccc(F)cc3)n2)cc1Cl. The molecule has 2 aromatic carbocycles. The fraction of sp³-hybridized carbons (Fsp3) is 0.150. The van der Waals surface area contributed by atoms with Crippen molar-refractivity contribution in [2.24, 2.45) is 0 Å². The van der Waals surface area contributed by atoms with Crippen LogP contribution in [0, 0.1) is 12.7 Å². The molecule has 0 aliphatic rings. The number of aromatic nitrogens is 2. The van der Waals surface area contributed by atoms with E-state index >= 15 is 0 Å². The zero-order valence-corrected chi connectivity index (χ0v) is 16.8. The van der Waals surface area contributed by atoms with Crippen molar-refractivity contribution in [1.82, 2.24) is 9.97 Å². The number of nitrogens with one attached hydrogen (secondary N) is 1. The van der Waals surface area contributed by atoms with E-state index in [-0.39, 0.29) is 17.5 Å². The maximum atomic E-state index is 13.1. The Morgan fingerprint density at radius 2 is 1.93 bits per heavy atom. The molecule has 3 aromatic rings. The Balaban J connectivity index is 1.66. The molecule has 0 saturated carbocycles. The van der Waals surface area contributed by atoms with Crippen LogP contribution in [-0.4, -0.2) is 28.7 Å². The number of carbonyl (C=O) groups is 1. The molecule has 0 saturated heterocycles. The van der Waals surface area contributed by atoms with E-state index in [0.717, 1.165) is 5.69 Å². The van der Waals surface area contributed by atoms with E-state index in [9.17, 15) is 9.18 Å². The molecule has 0 spiro atoms. The first-order valence-electron chi connectivity index (χ1n) is 8.32. The van der Waals surface area contributed by atoms with Gasteiger partial charge < -0.3 is 10.1 Å². The van der Waals surface area contributed by atoms with E-state index in [1.165, 1.54) is 31.0 Å². The summed E-state index contributed by atoms with van der Waals surface area (Å²) in [5.74, 6) is 0.693. The van der Waals surface area contributed by atoms with Gasteiger partial charge in [-0.15, -0.1) is 0 Å². The number of methoxy groups -OCH3 is 1. The highest BCUT2D eigenvalue weighted by molar-refractivity contribution is 7.99. The van der Waals surface area contributed by atoms with Crippen molar-refractivity contribution < 1.29 is 13.9 Å². The van der Waals surface area contributed by atoms with Crippen molar-refractivity contribution in [2.75, 3.05) is 18.2 Å². The second-order valence-corrected chi connectivity index (χ2v) is 7.27. The number of carbonyl (C=O) groups excluding carboxylic acids is 1. The Morgan fingerprint density at radius 1 is 1.18 bits per heavy atom. The maximum Gasteiger partial charge on any atom is 0.234 e. The molecule has 3 rings (SSSR count). The molecule has 0 aliphatic carbocycles. The lowest BCUT2D eigenvalue weighted by Crippen LogP contribution is -2.14. The predicted octanol–water partition coefficient (Wildman–Crippen LogP) is 4.98.